The van der Waals surface area contributed by atoms with Gasteiger partial charge in [0, 0.05) is 0 Å². The zero-order valence-corrected chi connectivity index (χ0v) is 23.0. The van der Waals surface area contributed by atoms with Crippen LogP contribution in [-0.4, -0.2) is 35.8 Å². The number of unbranched alkanes of at least 4 members (excludes halogenated alkanes) is 2. The predicted octanol–water partition coefficient (Wildman–Crippen LogP) is 5.52. The topological polar surface area (TPSA) is 35.5 Å². The standard InChI is InChI=1S/C9H20O3P.3C6H5.Sn/c1-4-6-8-11-13(3,10)12-9-7-5-2;3*1-2-4-6-5-3-1;/h3-9H2,1-2H3;3*1-5H;. The van der Waals surface area contributed by atoms with Crippen LogP contribution in [0.15, 0.2) is 91.0 Å². The molecule has 3 nitrogen and oxygen atoms in total. The Labute approximate surface area is 197 Å². The van der Waals surface area contributed by atoms with Crippen LogP contribution >= 0.6 is 7.60 Å². The molecule has 0 unspecified atom stereocenters. The molecule has 0 spiro atoms. The van der Waals surface area contributed by atoms with E-state index in [4.69, 9.17) is 9.05 Å². The van der Waals surface area contributed by atoms with E-state index in [1.165, 1.54) is 10.7 Å². The van der Waals surface area contributed by atoms with Crippen LogP contribution in [-0.2, 0) is 13.6 Å². The first-order chi connectivity index (χ1) is 15.6. The third-order valence-corrected chi connectivity index (χ3v) is 26.5. The SMILES string of the molecule is CCCCOP(=O)([CH2][Sn]([c]1ccccc1)([c]1ccccc1)[c]1ccccc1)OCCCC. The van der Waals surface area contributed by atoms with Gasteiger partial charge in [-0.05, 0) is 0 Å². The van der Waals surface area contributed by atoms with Crippen LogP contribution in [0.1, 0.15) is 39.5 Å². The minimum absolute atomic E-state index is 0.465. The van der Waals surface area contributed by atoms with E-state index in [2.05, 4.69) is 86.6 Å². The van der Waals surface area contributed by atoms with Crippen molar-refractivity contribution >= 4 is 36.7 Å². The molecule has 170 valence electrons. The van der Waals surface area contributed by atoms with E-state index in [9.17, 15) is 4.57 Å². The molecular weight excluding hydrogens is 522 g/mol. The second-order valence-corrected chi connectivity index (χ2v) is 23.0. The Morgan fingerprint density at radius 3 is 1.28 bits per heavy atom. The third-order valence-electron chi connectivity index (χ3n) is 5.80. The Morgan fingerprint density at radius 2 is 0.969 bits per heavy atom. The van der Waals surface area contributed by atoms with E-state index in [-0.39, 0.29) is 0 Å². The van der Waals surface area contributed by atoms with Crippen LogP contribution in [0.3, 0.4) is 0 Å². The van der Waals surface area contributed by atoms with Crippen molar-refractivity contribution in [2.75, 3.05) is 17.4 Å². The molecule has 0 saturated heterocycles. The van der Waals surface area contributed by atoms with Crippen molar-refractivity contribution in [3.8, 4) is 0 Å². The maximum atomic E-state index is 14.3. The fourth-order valence-electron chi connectivity index (χ4n) is 4.06. The van der Waals surface area contributed by atoms with E-state index in [0.717, 1.165) is 25.7 Å². The van der Waals surface area contributed by atoms with Gasteiger partial charge in [-0.2, -0.15) is 0 Å². The number of benzene rings is 3. The summed E-state index contributed by atoms with van der Waals surface area (Å²) >= 11 is -3.74. The van der Waals surface area contributed by atoms with Crippen LogP contribution in [0.25, 0.3) is 0 Å². The first-order valence-corrected chi connectivity index (χ1v) is 19.7. The summed E-state index contributed by atoms with van der Waals surface area (Å²) in [7, 11) is -3.30. The summed E-state index contributed by atoms with van der Waals surface area (Å²) in [6.07, 6.45) is 3.76. The summed E-state index contributed by atoms with van der Waals surface area (Å²) < 4.78 is 30.9. The molecule has 5 heteroatoms. The summed E-state index contributed by atoms with van der Waals surface area (Å²) in [5.74, 6) is 0. The molecule has 0 aliphatic heterocycles. The van der Waals surface area contributed by atoms with E-state index in [1.54, 1.807) is 0 Å². The molecule has 3 aromatic rings. The van der Waals surface area contributed by atoms with Gasteiger partial charge in [0.05, 0.1) is 0 Å². The molecule has 0 heterocycles. The van der Waals surface area contributed by atoms with Gasteiger partial charge in [-0.25, -0.2) is 0 Å². The molecule has 3 aromatic carbocycles. The van der Waals surface area contributed by atoms with Crippen molar-refractivity contribution in [2.45, 2.75) is 39.5 Å². The second kappa shape index (κ2) is 12.7. The average Bonchev–Trinajstić information content (AvgIpc) is 2.85. The van der Waals surface area contributed by atoms with Crippen LogP contribution < -0.4 is 10.7 Å². The van der Waals surface area contributed by atoms with Gasteiger partial charge >= 0.3 is 198 Å². The first-order valence-electron chi connectivity index (χ1n) is 11.7. The molecule has 0 fully saturated rings. The minimum atomic E-state index is -3.74. The van der Waals surface area contributed by atoms with Crippen LogP contribution in [0.4, 0.5) is 0 Å². The van der Waals surface area contributed by atoms with Crippen molar-refractivity contribution in [1.29, 1.82) is 0 Å². The van der Waals surface area contributed by atoms with Gasteiger partial charge in [0.2, 0.25) is 0 Å². The zero-order chi connectivity index (χ0) is 22.7. The average molecular weight is 557 g/mol. The van der Waals surface area contributed by atoms with Gasteiger partial charge in [0.1, 0.15) is 0 Å². The van der Waals surface area contributed by atoms with E-state index in [0.29, 0.717) is 17.4 Å². The maximum absolute atomic E-state index is 14.3. The van der Waals surface area contributed by atoms with E-state index in [1.807, 2.05) is 18.2 Å². The quantitative estimate of drug-likeness (QED) is 0.158. The van der Waals surface area contributed by atoms with Crippen molar-refractivity contribution in [1.82, 2.24) is 0 Å². The van der Waals surface area contributed by atoms with Crippen molar-refractivity contribution in [3.05, 3.63) is 91.0 Å². The van der Waals surface area contributed by atoms with Gasteiger partial charge in [0.15, 0.2) is 0 Å². The number of hydrogen-bond acceptors (Lipinski definition) is 3. The van der Waals surface area contributed by atoms with Crippen molar-refractivity contribution in [2.24, 2.45) is 0 Å². The predicted molar refractivity (Wildman–Crippen MR) is 138 cm³/mol. The van der Waals surface area contributed by atoms with Crippen molar-refractivity contribution < 1.29 is 13.6 Å². The Morgan fingerprint density at radius 1 is 0.625 bits per heavy atom. The molecule has 0 saturated carbocycles. The van der Waals surface area contributed by atoms with Crippen LogP contribution in [0.5, 0.6) is 0 Å². The summed E-state index contributed by atoms with van der Waals surface area (Å²) in [5, 5.41) is 0. The molecule has 32 heavy (non-hydrogen) atoms. The summed E-state index contributed by atoms with van der Waals surface area (Å²) in [6, 6.07) is 31.9. The Hall–Kier alpha value is -1.39. The summed E-state index contributed by atoms with van der Waals surface area (Å²) in [6.45, 7) is 5.18. The molecule has 0 aliphatic carbocycles. The Kier molecular flexibility index (Phi) is 10.0. The van der Waals surface area contributed by atoms with Gasteiger partial charge in [-0.3, -0.25) is 0 Å². The zero-order valence-electron chi connectivity index (χ0n) is 19.3. The molecule has 0 radical (unpaired) electrons. The molecule has 3 rings (SSSR count). The van der Waals surface area contributed by atoms with E-state index < -0.39 is 26.0 Å². The monoisotopic (exact) mass is 558 g/mol. The second-order valence-electron chi connectivity index (χ2n) is 8.15. The van der Waals surface area contributed by atoms with Gasteiger partial charge in [-0.1, -0.05) is 0 Å². The van der Waals surface area contributed by atoms with Crippen molar-refractivity contribution in [3.63, 3.8) is 0 Å². The van der Waals surface area contributed by atoms with E-state index >= 15 is 0 Å². The molecule has 0 aliphatic rings. The summed E-state index contributed by atoms with van der Waals surface area (Å²) in [4.78, 5) is 0. The van der Waals surface area contributed by atoms with Crippen LogP contribution in [0.2, 0.25) is 0 Å². The number of hydrogen-bond donors (Lipinski definition) is 0. The molecular formula is C27H35O3PSn. The van der Waals surface area contributed by atoms with Crippen LogP contribution in [0, 0.1) is 0 Å². The normalized spacial score (nSPS) is 12.1. The summed E-state index contributed by atoms with van der Waals surface area (Å²) in [5.41, 5.74) is 0. The molecule has 0 atom stereocenters. The van der Waals surface area contributed by atoms with Gasteiger partial charge in [-0.15, -0.1) is 0 Å². The molecule has 0 aromatic heterocycles. The molecule has 0 N–H and O–H groups in total. The van der Waals surface area contributed by atoms with Gasteiger partial charge < -0.3 is 0 Å². The molecule has 0 amide bonds. The fraction of sp³-hybridized carbons (Fsp3) is 0.333. The number of rotatable bonds is 13. The Balaban J connectivity index is 2.17. The Bertz CT molecular complexity index is 853. The molecule has 0 bridgehead atoms. The third kappa shape index (κ3) is 6.35. The first kappa shape index (κ1) is 25.2. The fourth-order valence-corrected chi connectivity index (χ4v) is 26.9. The van der Waals surface area contributed by atoms with Gasteiger partial charge in [0.25, 0.3) is 0 Å².